The van der Waals surface area contributed by atoms with Crippen LogP contribution in [0.5, 0.6) is 0 Å². The van der Waals surface area contributed by atoms with Gasteiger partial charge in [-0.2, -0.15) is 13.2 Å². The van der Waals surface area contributed by atoms with Crippen LogP contribution >= 0.6 is 0 Å². The number of alkyl halides is 3. The first-order valence-corrected chi connectivity index (χ1v) is 10.7. The number of fused-ring (bicyclic) bond motifs is 1. The molecule has 1 N–H and O–H groups in total. The average Bonchev–Trinajstić information content (AvgIpc) is 3.07. The van der Waals surface area contributed by atoms with Crippen molar-refractivity contribution in [3.05, 3.63) is 70.5 Å². The second-order valence-corrected chi connectivity index (χ2v) is 8.61. The van der Waals surface area contributed by atoms with Crippen molar-refractivity contribution in [2.75, 3.05) is 26.3 Å². The van der Waals surface area contributed by atoms with Crippen molar-refractivity contribution < 1.29 is 32.2 Å². The summed E-state index contributed by atoms with van der Waals surface area (Å²) in [5.41, 5.74) is -1.95. The molecule has 1 aromatic carbocycles. The Morgan fingerprint density at radius 2 is 1.86 bits per heavy atom. The number of amides is 1. The largest absolute Gasteiger partial charge is 0.416 e. The summed E-state index contributed by atoms with van der Waals surface area (Å²) in [6, 6.07) is 5.00. The Labute approximate surface area is 201 Å². The van der Waals surface area contributed by atoms with E-state index in [0.717, 1.165) is 28.8 Å². The molecule has 1 amide bonds. The fraction of sp³-hybridized carbons (Fsp3) is 0.292. The van der Waals surface area contributed by atoms with E-state index < -0.39 is 40.8 Å². The smallest absolute Gasteiger partial charge is 0.373 e. The van der Waals surface area contributed by atoms with Crippen LogP contribution in [0.25, 0.3) is 16.9 Å². The van der Waals surface area contributed by atoms with Crippen LogP contribution in [0.4, 0.5) is 17.6 Å². The Hall–Kier alpha value is -3.95. The molecule has 2 aliphatic rings. The van der Waals surface area contributed by atoms with Gasteiger partial charge < -0.3 is 14.7 Å². The first-order chi connectivity index (χ1) is 17.0. The molecule has 5 rings (SSSR count). The summed E-state index contributed by atoms with van der Waals surface area (Å²) in [5, 5.41) is 10.3. The summed E-state index contributed by atoms with van der Waals surface area (Å²) in [5.74, 6) is 3.55. The molecular weight excluding hydrogens is 484 g/mol. The van der Waals surface area contributed by atoms with E-state index in [0.29, 0.717) is 5.56 Å². The molecular formula is C24H18F4N4O4. The third kappa shape index (κ3) is 3.96. The van der Waals surface area contributed by atoms with Crippen LogP contribution in [-0.4, -0.2) is 61.9 Å². The van der Waals surface area contributed by atoms with Crippen molar-refractivity contribution in [3.63, 3.8) is 0 Å². The summed E-state index contributed by atoms with van der Waals surface area (Å²) in [4.78, 5) is 30.9. The highest BCUT2D eigenvalue weighted by atomic mass is 19.4. The van der Waals surface area contributed by atoms with Crippen molar-refractivity contribution in [2.24, 2.45) is 0 Å². The van der Waals surface area contributed by atoms with Gasteiger partial charge in [0.15, 0.2) is 17.1 Å². The second-order valence-electron chi connectivity index (χ2n) is 8.61. The molecule has 0 unspecified atom stereocenters. The lowest BCUT2D eigenvalue weighted by Crippen LogP contribution is -2.52. The number of carbonyl (C=O) groups excluding carboxylic acids is 1. The molecule has 2 saturated heterocycles. The molecule has 0 radical (unpaired) electrons. The highest BCUT2D eigenvalue weighted by Gasteiger charge is 2.37. The Morgan fingerprint density at radius 3 is 2.42 bits per heavy atom. The van der Waals surface area contributed by atoms with Gasteiger partial charge in [0.2, 0.25) is 0 Å². The van der Waals surface area contributed by atoms with Crippen molar-refractivity contribution in [2.45, 2.75) is 17.8 Å². The van der Waals surface area contributed by atoms with E-state index in [-0.39, 0.29) is 43.2 Å². The Balaban J connectivity index is 1.65. The van der Waals surface area contributed by atoms with E-state index in [1.54, 1.807) is 0 Å². The maximum absolute atomic E-state index is 13.6. The van der Waals surface area contributed by atoms with Crippen LogP contribution in [0.15, 0.2) is 53.7 Å². The molecule has 2 fully saturated rings. The second kappa shape index (κ2) is 8.32. The quantitative estimate of drug-likeness (QED) is 0.337. The topological polar surface area (TPSA) is 89.6 Å². The number of hydrogen-bond donors (Lipinski definition) is 1. The predicted octanol–water partition coefficient (Wildman–Crippen LogP) is 2.19. The molecule has 36 heavy (non-hydrogen) atoms. The molecule has 2 aliphatic heterocycles. The summed E-state index contributed by atoms with van der Waals surface area (Å²) in [6.45, 7) is 3.06. The summed E-state index contributed by atoms with van der Waals surface area (Å²) < 4.78 is 59.9. The van der Waals surface area contributed by atoms with Crippen molar-refractivity contribution >= 4 is 17.1 Å². The van der Waals surface area contributed by atoms with Gasteiger partial charge in [-0.25, -0.2) is 18.7 Å². The number of ether oxygens (including phenoxy) is 1. The zero-order valence-corrected chi connectivity index (χ0v) is 18.5. The standard InChI is InChI=1S/C24H18F4N4O4/c1-14(25)21(33)30-10-18(11-30)31-19-15(6-8-23(35)12-36-13-23)7-9-29-20(19)32(22(31)34)17-4-2-16(3-5-17)24(26,27)28/h2-5,7,9,18,35H,1,10-13H2. The van der Waals surface area contributed by atoms with Gasteiger partial charge in [-0.3, -0.25) is 9.36 Å². The molecule has 8 nitrogen and oxygen atoms in total. The molecule has 0 spiro atoms. The summed E-state index contributed by atoms with van der Waals surface area (Å²) in [6.07, 6.45) is -3.16. The third-order valence-electron chi connectivity index (χ3n) is 6.07. The van der Waals surface area contributed by atoms with Crippen LogP contribution in [0.2, 0.25) is 0 Å². The van der Waals surface area contributed by atoms with E-state index in [2.05, 4.69) is 23.4 Å². The Morgan fingerprint density at radius 1 is 1.19 bits per heavy atom. The van der Waals surface area contributed by atoms with Crippen LogP contribution in [-0.2, 0) is 15.7 Å². The zero-order chi connectivity index (χ0) is 25.8. The Kier molecular flexibility index (Phi) is 5.50. The van der Waals surface area contributed by atoms with Gasteiger partial charge >= 0.3 is 11.9 Å². The van der Waals surface area contributed by atoms with Crippen molar-refractivity contribution in [1.82, 2.24) is 19.0 Å². The van der Waals surface area contributed by atoms with E-state index in [1.807, 2.05) is 0 Å². The fourth-order valence-corrected chi connectivity index (χ4v) is 4.12. The van der Waals surface area contributed by atoms with Gasteiger partial charge in [0.25, 0.3) is 5.91 Å². The lowest BCUT2D eigenvalue weighted by atomic mass is 10.0. The first-order valence-electron chi connectivity index (χ1n) is 10.7. The molecule has 0 aliphatic carbocycles. The lowest BCUT2D eigenvalue weighted by Gasteiger charge is -2.39. The van der Waals surface area contributed by atoms with E-state index >= 15 is 0 Å². The van der Waals surface area contributed by atoms with E-state index in [1.165, 1.54) is 21.7 Å². The van der Waals surface area contributed by atoms with Gasteiger partial charge in [-0.15, -0.1) is 0 Å². The number of pyridine rings is 1. The average molecular weight is 502 g/mol. The molecule has 2 aromatic heterocycles. The molecule has 0 atom stereocenters. The molecule has 12 heteroatoms. The minimum Gasteiger partial charge on any atom is -0.373 e. The molecule has 186 valence electrons. The van der Waals surface area contributed by atoms with Crippen molar-refractivity contribution in [3.8, 4) is 17.5 Å². The molecule has 3 aromatic rings. The SMILES string of the molecule is C=C(F)C(=O)N1CC(n2c(=O)n(-c3ccc(C(F)(F)F)cc3)c3nccc(C#CC4(O)COC4)c32)C1. The number of likely N-dealkylation sites (tertiary alicyclic amines) is 1. The number of nitrogens with zero attached hydrogens (tertiary/aromatic N) is 4. The number of rotatable bonds is 3. The lowest BCUT2D eigenvalue weighted by molar-refractivity contribution is -0.140. The maximum atomic E-state index is 13.6. The number of hydrogen-bond acceptors (Lipinski definition) is 5. The molecule has 0 bridgehead atoms. The number of carbonyl (C=O) groups is 1. The van der Waals surface area contributed by atoms with Crippen LogP contribution < -0.4 is 5.69 Å². The van der Waals surface area contributed by atoms with Crippen LogP contribution in [0.3, 0.4) is 0 Å². The van der Waals surface area contributed by atoms with Gasteiger partial charge in [-0.1, -0.05) is 18.4 Å². The van der Waals surface area contributed by atoms with Gasteiger partial charge in [-0.05, 0) is 30.3 Å². The normalized spacial score (nSPS) is 17.2. The van der Waals surface area contributed by atoms with E-state index in [9.17, 15) is 32.3 Å². The van der Waals surface area contributed by atoms with Gasteiger partial charge in [0.05, 0.1) is 36.1 Å². The highest BCUT2D eigenvalue weighted by Crippen LogP contribution is 2.31. The maximum Gasteiger partial charge on any atom is 0.416 e. The minimum absolute atomic E-state index is 0.00729. The van der Waals surface area contributed by atoms with Crippen LogP contribution in [0, 0.1) is 11.8 Å². The molecule has 4 heterocycles. The number of imidazole rings is 1. The summed E-state index contributed by atoms with van der Waals surface area (Å²) in [7, 11) is 0. The van der Waals surface area contributed by atoms with Gasteiger partial charge in [0.1, 0.15) is 5.52 Å². The fourth-order valence-electron chi connectivity index (χ4n) is 4.12. The predicted molar refractivity (Wildman–Crippen MR) is 119 cm³/mol. The number of aliphatic hydroxyl groups is 1. The third-order valence-corrected chi connectivity index (χ3v) is 6.07. The molecule has 0 saturated carbocycles. The van der Waals surface area contributed by atoms with Crippen molar-refractivity contribution in [1.29, 1.82) is 0 Å². The first kappa shape index (κ1) is 23.8. The Bertz CT molecular complexity index is 1500. The highest BCUT2D eigenvalue weighted by molar-refractivity contribution is 5.91. The number of aromatic nitrogens is 3. The number of halogens is 4. The van der Waals surface area contributed by atoms with E-state index in [4.69, 9.17) is 4.74 Å². The summed E-state index contributed by atoms with van der Waals surface area (Å²) >= 11 is 0. The van der Waals surface area contributed by atoms with Crippen LogP contribution in [0.1, 0.15) is 17.2 Å². The number of benzene rings is 1. The minimum atomic E-state index is -4.55. The monoisotopic (exact) mass is 502 g/mol. The van der Waals surface area contributed by atoms with Gasteiger partial charge in [0, 0.05) is 19.3 Å². The zero-order valence-electron chi connectivity index (χ0n) is 18.5.